The Balaban J connectivity index is 2.83. The number of benzene rings is 1. The Morgan fingerprint density at radius 1 is 1.35 bits per heavy atom. The second-order valence-electron chi connectivity index (χ2n) is 4.49. The van der Waals surface area contributed by atoms with Gasteiger partial charge in [0.15, 0.2) is 0 Å². The third-order valence-corrected chi connectivity index (χ3v) is 3.61. The van der Waals surface area contributed by atoms with Gasteiger partial charge in [0.2, 0.25) is 0 Å². The number of hydrazine groups is 1. The van der Waals surface area contributed by atoms with Crippen LogP contribution in [0.4, 0.5) is 5.82 Å². The summed E-state index contributed by atoms with van der Waals surface area (Å²) >= 11 is 3.57. The number of anilines is 1. The van der Waals surface area contributed by atoms with Crippen LogP contribution in [0.2, 0.25) is 0 Å². The van der Waals surface area contributed by atoms with Crippen molar-refractivity contribution in [2.75, 3.05) is 5.43 Å². The van der Waals surface area contributed by atoms with Crippen LogP contribution in [0.3, 0.4) is 0 Å². The second-order valence-corrected chi connectivity index (χ2v) is 5.34. The van der Waals surface area contributed by atoms with Crippen molar-refractivity contribution < 1.29 is 0 Å². The van der Waals surface area contributed by atoms with Gasteiger partial charge >= 0.3 is 0 Å². The van der Waals surface area contributed by atoms with Crippen LogP contribution in [0.5, 0.6) is 0 Å². The fraction of sp³-hybridized carbons (Fsp3) is 0.308. The van der Waals surface area contributed by atoms with Crippen molar-refractivity contribution in [3.63, 3.8) is 0 Å². The second kappa shape index (κ2) is 4.63. The maximum absolute atomic E-state index is 5.54. The Labute approximate surface area is 110 Å². The normalized spacial score (nSPS) is 11.2. The average molecular weight is 294 g/mol. The van der Waals surface area contributed by atoms with E-state index >= 15 is 0 Å². The molecule has 0 saturated carbocycles. The zero-order valence-electron chi connectivity index (χ0n) is 10.2. The summed E-state index contributed by atoms with van der Waals surface area (Å²) in [6, 6.07) is 6.26. The van der Waals surface area contributed by atoms with Gasteiger partial charge in [-0.05, 0) is 36.1 Å². The predicted molar refractivity (Wildman–Crippen MR) is 76.1 cm³/mol. The Morgan fingerprint density at radius 2 is 2.06 bits per heavy atom. The number of fused-ring (bicyclic) bond motifs is 1. The lowest BCUT2D eigenvalue weighted by atomic mass is 10.0. The minimum atomic E-state index is 0.380. The van der Waals surface area contributed by atoms with E-state index in [1.165, 1.54) is 0 Å². The van der Waals surface area contributed by atoms with Crippen molar-refractivity contribution in [3.05, 3.63) is 33.8 Å². The fourth-order valence-corrected chi connectivity index (χ4v) is 2.37. The predicted octanol–water partition coefficient (Wildman–Crippen LogP) is 3.71. The molecule has 4 heteroatoms. The molecule has 0 spiro atoms. The van der Waals surface area contributed by atoms with Gasteiger partial charge < -0.3 is 5.43 Å². The zero-order chi connectivity index (χ0) is 12.6. The molecule has 1 aromatic carbocycles. The van der Waals surface area contributed by atoms with Gasteiger partial charge in [0.05, 0.1) is 5.52 Å². The standard InChI is InChI=1S/C13H16BrN3/c1-7(2)9-6-10-11(14)5-4-8(3)12(10)16-13(9)17-15/h4-7H,15H2,1-3H3,(H,16,17). The van der Waals surface area contributed by atoms with Crippen LogP contribution < -0.4 is 11.3 Å². The molecule has 90 valence electrons. The molecular formula is C13H16BrN3. The highest BCUT2D eigenvalue weighted by Gasteiger charge is 2.12. The topological polar surface area (TPSA) is 50.9 Å². The molecule has 3 N–H and O–H groups in total. The molecule has 1 aromatic heterocycles. The van der Waals surface area contributed by atoms with Crippen LogP contribution in [0, 0.1) is 6.92 Å². The Bertz CT molecular complexity index is 564. The van der Waals surface area contributed by atoms with E-state index in [1.807, 2.05) is 0 Å². The minimum absolute atomic E-state index is 0.380. The van der Waals surface area contributed by atoms with Crippen molar-refractivity contribution in [2.45, 2.75) is 26.7 Å². The number of nitrogens with one attached hydrogen (secondary N) is 1. The van der Waals surface area contributed by atoms with E-state index < -0.39 is 0 Å². The molecule has 0 amide bonds. The van der Waals surface area contributed by atoms with Gasteiger partial charge in [0, 0.05) is 9.86 Å². The van der Waals surface area contributed by atoms with E-state index in [0.717, 1.165) is 32.3 Å². The van der Waals surface area contributed by atoms with Crippen LogP contribution in [0.15, 0.2) is 22.7 Å². The summed E-state index contributed by atoms with van der Waals surface area (Å²) < 4.78 is 1.07. The number of aromatic nitrogens is 1. The van der Waals surface area contributed by atoms with Crippen LogP contribution in [0.25, 0.3) is 10.9 Å². The number of nitrogen functional groups attached to an aromatic ring is 1. The van der Waals surface area contributed by atoms with E-state index in [0.29, 0.717) is 5.92 Å². The van der Waals surface area contributed by atoms with Gasteiger partial charge in [0.1, 0.15) is 5.82 Å². The molecule has 1 heterocycles. The summed E-state index contributed by atoms with van der Waals surface area (Å²) in [6.07, 6.45) is 0. The molecule has 0 aliphatic rings. The number of nitrogens with two attached hydrogens (primary N) is 1. The molecule has 2 aromatic rings. The molecule has 0 radical (unpaired) electrons. The molecule has 0 atom stereocenters. The van der Waals surface area contributed by atoms with Crippen molar-refractivity contribution >= 4 is 32.7 Å². The van der Waals surface area contributed by atoms with Gasteiger partial charge in [-0.3, -0.25) is 0 Å². The maximum Gasteiger partial charge on any atom is 0.144 e. The lowest BCUT2D eigenvalue weighted by molar-refractivity contribution is 0.862. The molecule has 0 aliphatic carbocycles. The first kappa shape index (κ1) is 12.3. The number of halogens is 1. The molecule has 0 bridgehead atoms. The number of pyridine rings is 1. The lowest BCUT2D eigenvalue weighted by Crippen LogP contribution is -2.12. The number of hydrogen-bond acceptors (Lipinski definition) is 3. The van der Waals surface area contributed by atoms with Crippen molar-refractivity contribution in [1.82, 2.24) is 4.98 Å². The third kappa shape index (κ3) is 2.15. The van der Waals surface area contributed by atoms with Crippen molar-refractivity contribution in [3.8, 4) is 0 Å². The summed E-state index contributed by atoms with van der Waals surface area (Å²) in [5.74, 6) is 6.68. The van der Waals surface area contributed by atoms with Crippen LogP contribution >= 0.6 is 15.9 Å². The summed E-state index contributed by atoms with van der Waals surface area (Å²) in [5, 5.41) is 1.13. The lowest BCUT2D eigenvalue weighted by Gasteiger charge is -2.14. The monoisotopic (exact) mass is 293 g/mol. The molecule has 0 fully saturated rings. The Kier molecular flexibility index (Phi) is 3.35. The first-order valence-corrected chi connectivity index (χ1v) is 6.40. The summed E-state index contributed by atoms with van der Waals surface area (Å²) in [4.78, 5) is 4.61. The van der Waals surface area contributed by atoms with Gasteiger partial charge in [-0.25, -0.2) is 10.8 Å². The van der Waals surface area contributed by atoms with E-state index in [9.17, 15) is 0 Å². The molecule has 17 heavy (non-hydrogen) atoms. The fourth-order valence-electron chi connectivity index (χ4n) is 1.93. The number of hydrogen-bond donors (Lipinski definition) is 2. The van der Waals surface area contributed by atoms with E-state index in [-0.39, 0.29) is 0 Å². The van der Waals surface area contributed by atoms with Crippen molar-refractivity contribution in [1.29, 1.82) is 0 Å². The summed E-state index contributed by atoms with van der Waals surface area (Å²) in [5.41, 5.74) is 5.95. The maximum atomic E-state index is 5.54. The highest BCUT2D eigenvalue weighted by Crippen LogP contribution is 2.31. The molecular weight excluding hydrogens is 278 g/mol. The van der Waals surface area contributed by atoms with E-state index in [1.54, 1.807) is 0 Å². The van der Waals surface area contributed by atoms with Gasteiger partial charge in [-0.1, -0.05) is 35.8 Å². The Hall–Kier alpha value is -1.13. The zero-order valence-corrected chi connectivity index (χ0v) is 11.8. The molecule has 0 aliphatic heterocycles. The van der Waals surface area contributed by atoms with Crippen LogP contribution in [-0.4, -0.2) is 4.98 Å². The highest BCUT2D eigenvalue weighted by atomic mass is 79.9. The molecule has 0 unspecified atom stereocenters. The number of aryl methyl sites for hydroxylation is 1. The van der Waals surface area contributed by atoms with E-state index in [4.69, 9.17) is 5.84 Å². The first-order valence-electron chi connectivity index (χ1n) is 5.61. The Morgan fingerprint density at radius 3 is 2.65 bits per heavy atom. The van der Waals surface area contributed by atoms with Crippen LogP contribution in [0.1, 0.15) is 30.9 Å². The van der Waals surface area contributed by atoms with Gasteiger partial charge in [-0.15, -0.1) is 0 Å². The number of rotatable bonds is 2. The minimum Gasteiger partial charge on any atom is -0.308 e. The average Bonchev–Trinajstić information content (AvgIpc) is 2.32. The smallest absolute Gasteiger partial charge is 0.144 e. The van der Waals surface area contributed by atoms with E-state index in [2.05, 4.69) is 65.3 Å². The van der Waals surface area contributed by atoms with Crippen LogP contribution in [-0.2, 0) is 0 Å². The third-order valence-electron chi connectivity index (χ3n) is 2.92. The molecule has 2 rings (SSSR count). The molecule has 0 saturated heterocycles. The largest absolute Gasteiger partial charge is 0.308 e. The highest BCUT2D eigenvalue weighted by molar-refractivity contribution is 9.10. The SMILES string of the molecule is Cc1ccc(Br)c2cc(C(C)C)c(NN)nc12. The van der Waals surface area contributed by atoms with Crippen molar-refractivity contribution in [2.24, 2.45) is 5.84 Å². The first-order chi connectivity index (χ1) is 8.04. The number of nitrogens with zero attached hydrogens (tertiary/aromatic N) is 1. The van der Waals surface area contributed by atoms with Gasteiger partial charge in [-0.2, -0.15) is 0 Å². The summed E-state index contributed by atoms with van der Waals surface area (Å²) in [6.45, 7) is 6.32. The molecule has 3 nitrogen and oxygen atoms in total. The summed E-state index contributed by atoms with van der Waals surface area (Å²) in [7, 11) is 0. The quantitative estimate of drug-likeness (QED) is 0.655. The van der Waals surface area contributed by atoms with Gasteiger partial charge in [0.25, 0.3) is 0 Å².